The molecular formula is C24H24N2O4S. The minimum atomic E-state index is -0.536. The number of carbonyl (C=O) groups is 2. The van der Waals surface area contributed by atoms with Crippen LogP contribution in [0.3, 0.4) is 0 Å². The second-order valence-electron chi connectivity index (χ2n) is 7.86. The van der Waals surface area contributed by atoms with Gasteiger partial charge in [-0.25, -0.2) is 0 Å². The van der Waals surface area contributed by atoms with Gasteiger partial charge in [0, 0.05) is 12.3 Å². The van der Waals surface area contributed by atoms with Gasteiger partial charge in [0.15, 0.2) is 0 Å². The molecule has 0 fully saturated rings. The van der Waals surface area contributed by atoms with Crippen molar-refractivity contribution in [3.63, 3.8) is 0 Å². The van der Waals surface area contributed by atoms with Gasteiger partial charge in [-0.15, -0.1) is 0 Å². The van der Waals surface area contributed by atoms with Gasteiger partial charge in [0.05, 0.1) is 17.7 Å². The third-order valence-corrected chi connectivity index (χ3v) is 6.67. The van der Waals surface area contributed by atoms with E-state index in [4.69, 9.17) is 4.74 Å². The molecule has 160 valence electrons. The van der Waals surface area contributed by atoms with E-state index in [9.17, 15) is 14.4 Å². The first-order valence-corrected chi connectivity index (χ1v) is 11.0. The van der Waals surface area contributed by atoms with Gasteiger partial charge in [-0.05, 0) is 29.2 Å². The molecule has 0 radical (unpaired) electrons. The van der Waals surface area contributed by atoms with E-state index < -0.39 is 5.97 Å². The Morgan fingerprint density at radius 2 is 1.77 bits per heavy atom. The number of fused-ring (bicyclic) bond motifs is 1. The predicted molar refractivity (Wildman–Crippen MR) is 121 cm³/mol. The number of hydrogen-bond acceptors (Lipinski definition) is 5. The van der Waals surface area contributed by atoms with Crippen molar-refractivity contribution in [1.29, 1.82) is 0 Å². The molecule has 1 aliphatic heterocycles. The second-order valence-corrected chi connectivity index (χ2v) is 8.85. The molecule has 0 saturated carbocycles. The van der Waals surface area contributed by atoms with Gasteiger partial charge in [-0.2, -0.15) is 0 Å². The normalized spacial score (nSPS) is 15.8. The van der Waals surface area contributed by atoms with E-state index in [0.29, 0.717) is 17.4 Å². The maximum Gasteiger partial charge on any atom is 0.325 e. The minimum Gasteiger partial charge on any atom is -0.468 e. The summed E-state index contributed by atoms with van der Waals surface area (Å²) in [6.45, 7) is 4.03. The van der Waals surface area contributed by atoms with Gasteiger partial charge in [-0.1, -0.05) is 67.6 Å². The van der Waals surface area contributed by atoms with E-state index in [1.54, 1.807) is 4.90 Å². The standard InChI is InChI=1S/C24H24N2O4S/c1-15(2)16-9-11-17(12-10-16)19-13-20(27)26(18-7-5-4-6-8-18)23-22(19)31-24(29)25(23)14-21(28)30-3/h4-12,15,19H,13-14H2,1-3H3/t19-/m0/s1. The van der Waals surface area contributed by atoms with Crippen molar-refractivity contribution in [3.8, 4) is 0 Å². The average molecular weight is 437 g/mol. The molecule has 0 spiro atoms. The Bertz CT molecular complexity index is 1160. The number of carbonyl (C=O) groups excluding carboxylic acids is 2. The van der Waals surface area contributed by atoms with Crippen LogP contribution in [0.2, 0.25) is 0 Å². The first-order chi connectivity index (χ1) is 14.9. The Balaban J connectivity index is 1.87. The summed E-state index contributed by atoms with van der Waals surface area (Å²) in [7, 11) is 1.28. The van der Waals surface area contributed by atoms with Crippen LogP contribution in [0, 0.1) is 0 Å². The highest BCUT2D eigenvalue weighted by atomic mass is 32.1. The van der Waals surface area contributed by atoms with E-state index in [2.05, 4.69) is 26.0 Å². The van der Waals surface area contributed by atoms with Crippen LogP contribution in [0.15, 0.2) is 59.4 Å². The fourth-order valence-electron chi connectivity index (χ4n) is 3.91. The minimum absolute atomic E-state index is 0.118. The van der Waals surface area contributed by atoms with E-state index in [-0.39, 0.29) is 29.7 Å². The Morgan fingerprint density at radius 1 is 1.10 bits per heavy atom. The zero-order valence-corrected chi connectivity index (χ0v) is 18.5. The van der Waals surface area contributed by atoms with Crippen LogP contribution in [-0.2, 0) is 20.9 Å². The smallest absolute Gasteiger partial charge is 0.325 e. The molecule has 0 bridgehead atoms. The van der Waals surface area contributed by atoms with Crippen molar-refractivity contribution < 1.29 is 14.3 Å². The third-order valence-electron chi connectivity index (χ3n) is 5.58. The van der Waals surface area contributed by atoms with Crippen LogP contribution >= 0.6 is 11.3 Å². The topological polar surface area (TPSA) is 68.6 Å². The Labute approximate surface area is 184 Å². The number of thiazole rings is 1. The van der Waals surface area contributed by atoms with Crippen LogP contribution in [-0.4, -0.2) is 23.6 Å². The maximum absolute atomic E-state index is 13.3. The quantitative estimate of drug-likeness (QED) is 0.556. The second kappa shape index (κ2) is 8.51. The van der Waals surface area contributed by atoms with Gasteiger partial charge >= 0.3 is 10.8 Å². The summed E-state index contributed by atoms with van der Waals surface area (Å²) in [5, 5.41) is 0. The largest absolute Gasteiger partial charge is 0.468 e. The number of aromatic nitrogens is 1. The van der Waals surface area contributed by atoms with Crippen molar-refractivity contribution in [2.75, 3.05) is 12.0 Å². The number of ether oxygens (including phenoxy) is 1. The fourth-order valence-corrected chi connectivity index (χ4v) is 5.01. The fraction of sp³-hybridized carbons (Fsp3) is 0.292. The molecule has 0 aliphatic carbocycles. The van der Waals surface area contributed by atoms with E-state index in [0.717, 1.165) is 21.8 Å². The molecule has 4 rings (SSSR count). The number of rotatable bonds is 5. The number of amides is 1. The summed E-state index contributed by atoms with van der Waals surface area (Å²) < 4.78 is 6.14. The lowest BCUT2D eigenvalue weighted by Gasteiger charge is -2.32. The summed E-state index contributed by atoms with van der Waals surface area (Å²) in [5.74, 6) is -0.0240. The molecule has 7 heteroatoms. The summed E-state index contributed by atoms with van der Waals surface area (Å²) in [6, 6.07) is 17.4. The predicted octanol–water partition coefficient (Wildman–Crippen LogP) is 4.41. The SMILES string of the molecule is COC(=O)Cn1c2c(sc1=O)[C@H](c1ccc(C(C)C)cc1)CC(=O)N2c1ccccc1. The number of anilines is 2. The lowest BCUT2D eigenvalue weighted by Crippen LogP contribution is -2.36. The van der Waals surface area contributed by atoms with E-state index >= 15 is 0 Å². The molecule has 1 atom stereocenters. The number of para-hydroxylation sites is 1. The third kappa shape index (κ3) is 3.93. The number of hydrogen-bond donors (Lipinski definition) is 0. The zero-order chi connectivity index (χ0) is 22.1. The van der Waals surface area contributed by atoms with Crippen LogP contribution in [0.1, 0.15) is 48.1 Å². The summed E-state index contributed by atoms with van der Waals surface area (Å²) >= 11 is 1.09. The van der Waals surface area contributed by atoms with Crippen LogP contribution in [0.4, 0.5) is 11.5 Å². The molecule has 2 heterocycles. The van der Waals surface area contributed by atoms with Crippen LogP contribution in [0.5, 0.6) is 0 Å². The first-order valence-electron chi connectivity index (χ1n) is 10.2. The Morgan fingerprint density at radius 3 is 2.39 bits per heavy atom. The van der Waals surface area contributed by atoms with Crippen molar-refractivity contribution >= 4 is 34.7 Å². The lowest BCUT2D eigenvalue weighted by molar-refractivity contribution is -0.141. The molecular weight excluding hydrogens is 412 g/mol. The van der Waals surface area contributed by atoms with Crippen LogP contribution in [0.25, 0.3) is 0 Å². The summed E-state index contributed by atoms with van der Waals surface area (Å²) in [6.07, 6.45) is 0.251. The molecule has 1 aromatic heterocycles. The lowest BCUT2D eigenvalue weighted by atomic mass is 9.89. The molecule has 3 aromatic rings. The van der Waals surface area contributed by atoms with Gasteiger partial charge in [0.25, 0.3) is 0 Å². The van der Waals surface area contributed by atoms with E-state index in [1.807, 2.05) is 42.5 Å². The van der Waals surface area contributed by atoms with Gasteiger partial charge < -0.3 is 4.74 Å². The molecule has 1 amide bonds. The Kier molecular flexibility index (Phi) is 5.78. The molecule has 31 heavy (non-hydrogen) atoms. The highest BCUT2D eigenvalue weighted by molar-refractivity contribution is 7.10. The van der Waals surface area contributed by atoms with Gasteiger partial charge in [0.2, 0.25) is 5.91 Å². The van der Waals surface area contributed by atoms with Crippen molar-refractivity contribution in [2.45, 2.75) is 38.6 Å². The highest BCUT2D eigenvalue weighted by Crippen LogP contribution is 2.44. The monoisotopic (exact) mass is 436 g/mol. The first kappa shape index (κ1) is 21.1. The van der Waals surface area contributed by atoms with Crippen molar-refractivity contribution in [1.82, 2.24) is 4.57 Å². The zero-order valence-electron chi connectivity index (χ0n) is 17.7. The van der Waals surface area contributed by atoms with Crippen molar-refractivity contribution in [3.05, 3.63) is 80.3 Å². The highest BCUT2D eigenvalue weighted by Gasteiger charge is 2.38. The number of methoxy groups -OCH3 is 1. The van der Waals surface area contributed by atoms with Gasteiger partial charge in [0.1, 0.15) is 12.4 Å². The molecule has 6 nitrogen and oxygen atoms in total. The molecule has 0 unspecified atom stereocenters. The van der Waals surface area contributed by atoms with E-state index in [1.165, 1.54) is 17.2 Å². The summed E-state index contributed by atoms with van der Waals surface area (Å²) in [4.78, 5) is 40.3. The van der Waals surface area contributed by atoms with Crippen LogP contribution < -0.4 is 9.77 Å². The summed E-state index contributed by atoms with van der Waals surface area (Å²) in [5.41, 5.74) is 2.87. The molecule has 0 saturated heterocycles. The Hall–Kier alpha value is -3.19. The molecule has 2 aromatic carbocycles. The number of esters is 1. The number of benzene rings is 2. The molecule has 0 N–H and O–H groups in total. The molecule has 1 aliphatic rings. The maximum atomic E-state index is 13.3. The average Bonchev–Trinajstić information content (AvgIpc) is 3.09. The van der Waals surface area contributed by atoms with Gasteiger partial charge in [-0.3, -0.25) is 23.9 Å². The van der Waals surface area contributed by atoms with Crippen molar-refractivity contribution in [2.24, 2.45) is 0 Å². The number of nitrogens with zero attached hydrogens (tertiary/aromatic N) is 2.